The van der Waals surface area contributed by atoms with Gasteiger partial charge in [0.05, 0.1) is 4.92 Å². The quantitative estimate of drug-likeness (QED) is 0.591. The van der Waals surface area contributed by atoms with Crippen molar-refractivity contribution in [2.24, 2.45) is 0 Å². The minimum Gasteiger partial charge on any atom is -0.306 e. The van der Waals surface area contributed by atoms with Crippen molar-refractivity contribution in [3.05, 3.63) is 32.3 Å². The Bertz CT molecular complexity index is 554. The van der Waals surface area contributed by atoms with E-state index in [0.717, 1.165) is 5.56 Å². The van der Waals surface area contributed by atoms with Crippen LogP contribution in [0.1, 0.15) is 26.3 Å². The van der Waals surface area contributed by atoms with Gasteiger partial charge in [-0.05, 0) is 11.6 Å². The first-order valence-corrected chi connectivity index (χ1v) is 6.30. The number of anilines is 1. The second kappa shape index (κ2) is 4.05. The second-order valence-electron chi connectivity index (χ2n) is 5.07. The molecule has 5 nitrogen and oxygen atoms in total. The fourth-order valence-electron chi connectivity index (χ4n) is 2.35. The first-order chi connectivity index (χ1) is 8.24. The summed E-state index contributed by atoms with van der Waals surface area (Å²) < 4.78 is 0.659. The van der Waals surface area contributed by atoms with Crippen LogP contribution in [0, 0.1) is 10.1 Å². The molecule has 1 aromatic rings. The van der Waals surface area contributed by atoms with Crippen molar-refractivity contribution in [3.8, 4) is 0 Å². The predicted octanol–water partition coefficient (Wildman–Crippen LogP) is 3.00. The molecule has 0 unspecified atom stereocenters. The summed E-state index contributed by atoms with van der Waals surface area (Å²) in [5, 5.41) is 11.1. The molecule has 1 aliphatic heterocycles. The Morgan fingerprint density at radius 2 is 2.11 bits per heavy atom. The zero-order chi connectivity index (χ0) is 13.7. The molecule has 1 aromatic carbocycles. The third-order valence-electron chi connectivity index (χ3n) is 3.18. The molecule has 0 saturated carbocycles. The topological polar surface area (TPSA) is 63.5 Å². The van der Waals surface area contributed by atoms with Crippen LogP contribution in [0.25, 0.3) is 0 Å². The molecule has 96 valence electrons. The highest BCUT2D eigenvalue weighted by Crippen LogP contribution is 2.47. The average Bonchev–Trinajstić information content (AvgIpc) is 2.50. The predicted molar refractivity (Wildman–Crippen MR) is 71.8 cm³/mol. The normalized spacial score (nSPS) is 16.6. The van der Waals surface area contributed by atoms with Gasteiger partial charge in [0.1, 0.15) is 5.69 Å². The molecule has 0 fully saturated rings. The monoisotopic (exact) mass is 312 g/mol. The Balaban J connectivity index is 2.76. The van der Waals surface area contributed by atoms with Crippen LogP contribution in [0.3, 0.4) is 0 Å². The van der Waals surface area contributed by atoms with E-state index in [2.05, 4.69) is 15.9 Å². The van der Waals surface area contributed by atoms with Crippen LogP contribution in [0.5, 0.6) is 0 Å². The SMILES string of the molecule is CC(=O)N1CC(C)(C)c2cc(Br)cc([N+](=O)[O-])c21. The van der Waals surface area contributed by atoms with E-state index in [-0.39, 0.29) is 17.0 Å². The maximum Gasteiger partial charge on any atom is 0.294 e. The zero-order valence-corrected chi connectivity index (χ0v) is 11.9. The number of hydrogen-bond acceptors (Lipinski definition) is 3. The van der Waals surface area contributed by atoms with Crippen LogP contribution in [0.15, 0.2) is 16.6 Å². The fraction of sp³-hybridized carbons (Fsp3) is 0.417. The molecule has 18 heavy (non-hydrogen) atoms. The Kier molecular flexibility index (Phi) is 2.93. The standard InChI is InChI=1S/C12H13BrN2O3/c1-7(16)14-6-12(2,3)9-4-8(13)5-10(11(9)14)15(17)18/h4-5H,6H2,1-3H3. The summed E-state index contributed by atoms with van der Waals surface area (Å²) in [5.74, 6) is -0.174. The average molecular weight is 313 g/mol. The Labute approximate surface area is 113 Å². The summed E-state index contributed by atoms with van der Waals surface area (Å²) in [4.78, 5) is 23.8. The molecule has 0 atom stereocenters. The second-order valence-corrected chi connectivity index (χ2v) is 5.98. The molecule has 0 N–H and O–H groups in total. The van der Waals surface area contributed by atoms with E-state index in [1.165, 1.54) is 17.9 Å². The number of carbonyl (C=O) groups is 1. The van der Waals surface area contributed by atoms with E-state index < -0.39 is 4.92 Å². The van der Waals surface area contributed by atoms with Crippen LogP contribution in [-0.4, -0.2) is 17.4 Å². The molecular formula is C12H13BrN2O3. The van der Waals surface area contributed by atoms with Gasteiger partial charge in [-0.1, -0.05) is 29.8 Å². The van der Waals surface area contributed by atoms with E-state index in [9.17, 15) is 14.9 Å². The van der Waals surface area contributed by atoms with Gasteiger partial charge >= 0.3 is 0 Å². The van der Waals surface area contributed by atoms with Gasteiger partial charge in [-0.25, -0.2) is 0 Å². The summed E-state index contributed by atoms with van der Waals surface area (Å²) in [6, 6.07) is 3.29. The molecule has 0 saturated heterocycles. The van der Waals surface area contributed by atoms with E-state index in [0.29, 0.717) is 16.7 Å². The van der Waals surface area contributed by atoms with Crippen molar-refractivity contribution < 1.29 is 9.72 Å². The molecule has 0 radical (unpaired) electrons. The molecule has 1 heterocycles. The molecule has 2 rings (SSSR count). The van der Waals surface area contributed by atoms with Crippen molar-refractivity contribution in [1.29, 1.82) is 0 Å². The van der Waals surface area contributed by atoms with E-state index in [1.54, 1.807) is 0 Å². The molecule has 0 spiro atoms. The maximum atomic E-state index is 11.6. The van der Waals surface area contributed by atoms with Crippen molar-refractivity contribution in [1.82, 2.24) is 0 Å². The van der Waals surface area contributed by atoms with Crippen LogP contribution in [0.2, 0.25) is 0 Å². The van der Waals surface area contributed by atoms with Gasteiger partial charge in [0.2, 0.25) is 5.91 Å². The fourth-order valence-corrected chi connectivity index (χ4v) is 2.80. The molecule has 0 bridgehead atoms. The van der Waals surface area contributed by atoms with Gasteiger partial charge in [-0.3, -0.25) is 14.9 Å². The van der Waals surface area contributed by atoms with Crippen molar-refractivity contribution in [2.45, 2.75) is 26.2 Å². The summed E-state index contributed by atoms with van der Waals surface area (Å²) in [6.45, 7) is 5.85. The molecule has 1 amide bonds. The van der Waals surface area contributed by atoms with Gasteiger partial charge in [0.25, 0.3) is 5.69 Å². The molecular weight excluding hydrogens is 300 g/mol. The van der Waals surface area contributed by atoms with Crippen LogP contribution >= 0.6 is 15.9 Å². The number of nitro groups is 1. The van der Waals surface area contributed by atoms with Gasteiger partial charge < -0.3 is 4.90 Å². The summed E-state index contributed by atoms with van der Waals surface area (Å²) in [7, 11) is 0. The Hall–Kier alpha value is -1.43. The number of hydrogen-bond donors (Lipinski definition) is 0. The largest absolute Gasteiger partial charge is 0.306 e. The highest BCUT2D eigenvalue weighted by Gasteiger charge is 2.41. The van der Waals surface area contributed by atoms with Gasteiger partial charge in [0, 0.05) is 29.4 Å². The van der Waals surface area contributed by atoms with Crippen molar-refractivity contribution >= 4 is 33.2 Å². The molecule has 0 aliphatic carbocycles. The number of halogens is 1. The van der Waals surface area contributed by atoms with Crippen molar-refractivity contribution in [2.75, 3.05) is 11.4 Å². The minimum atomic E-state index is -0.444. The number of nitrogens with zero attached hydrogens (tertiary/aromatic N) is 2. The van der Waals surface area contributed by atoms with Crippen LogP contribution in [0.4, 0.5) is 11.4 Å². The smallest absolute Gasteiger partial charge is 0.294 e. The molecule has 1 aliphatic rings. The summed E-state index contributed by atoms with van der Waals surface area (Å²) in [5.41, 5.74) is 0.954. The highest BCUT2D eigenvalue weighted by molar-refractivity contribution is 9.10. The zero-order valence-electron chi connectivity index (χ0n) is 10.4. The lowest BCUT2D eigenvalue weighted by molar-refractivity contribution is -0.384. The van der Waals surface area contributed by atoms with E-state index >= 15 is 0 Å². The van der Waals surface area contributed by atoms with Gasteiger partial charge in [-0.2, -0.15) is 0 Å². The maximum absolute atomic E-state index is 11.6. The minimum absolute atomic E-state index is 0.0276. The number of amides is 1. The number of carbonyl (C=O) groups excluding carboxylic acids is 1. The van der Waals surface area contributed by atoms with E-state index in [4.69, 9.17) is 0 Å². The number of nitro benzene ring substituents is 1. The number of rotatable bonds is 1. The lowest BCUT2D eigenvalue weighted by Crippen LogP contribution is -2.32. The van der Waals surface area contributed by atoms with Crippen LogP contribution < -0.4 is 4.90 Å². The third-order valence-corrected chi connectivity index (χ3v) is 3.64. The third kappa shape index (κ3) is 1.90. The van der Waals surface area contributed by atoms with E-state index in [1.807, 2.05) is 19.9 Å². The first kappa shape index (κ1) is 13.0. The number of benzene rings is 1. The Morgan fingerprint density at radius 1 is 1.50 bits per heavy atom. The first-order valence-electron chi connectivity index (χ1n) is 5.50. The lowest BCUT2D eigenvalue weighted by Gasteiger charge is -2.19. The van der Waals surface area contributed by atoms with Crippen molar-refractivity contribution in [3.63, 3.8) is 0 Å². The number of fused-ring (bicyclic) bond motifs is 1. The van der Waals surface area contributed by atoms with Gasteiger partial charge in [0.15, 0.2) is 0 Å². The Morgan fingerprint density at radius 3 is 2.61 bits per heavy atom. The summed E-state index contributed by atoms with van der Waals surface area (Å²) >= 11 is 3.28. The highest BCUT2D eigenvalue weighted by atomic mass is 79.9. The molecule has 6 heteroatoms. The summed E-state index contributed by atoms with van der Waals surface area (Å²) in [6.07, 6.45) is 0. The lowest BCUT2D eigenvalue weighted by atomic mass is 9.87. The van der Waals surface area contributed by atoms with Gasteiger partial charge in [-0.15, -0.1) is 0 Å². The van der Waals surface area contributed by atoms with Crippen LogP contribution in [-0.2, 0) is 10.2 Å². The molecule has 0 aromatic heterocycles.